The number of nitrogens with zero attached hydrogens (tertiary/aromatic N) is 2. The number of para-hydroxylation sites is 1. The lowest BCUT2D eigenvalue weighted by Crippen LogP contribution is -2.13. The van der Waals surface area contributed by atoms with Crippen LogP contribution in [0.2, 0.25) is 0 Å². The van der Waals surface area contributed by atoms with E-state index < -0.39 is 11.7 Å². The van der Waals surface area contributed by atoms with E-state index in [9.17, 15) is 9.18 Å². The van der Waals surface area contributed by atoms with Crippen LogP contribution in [0.15, 0.2) is 71.6 Å². The van der Waals surface area contributed by atoms with E-state index in [4.69, 9.17) is 4.42 Å². The summed E-state index contributed by atoms with van der Waals surface area (Å²) in [6.07, 6.45) is 5.01. The van der Waals surface area contributed by atoms with Gasteiger partial charge in [-0.1, -0.05) is 12.1 Å². The summed E-state index contributed by atoms with van der Waals surface area (Å²) in [6, 6.07) is 13.3. The molecule has 1 aromatic carbocycles. The number of pyridine rings is 1. The molecule has 0 aliphatic rings. The number of benzene rings is 1. The lowest BCUT2D eigenvalue weighted by atomic mass is 10.2. The minimum atomic E-state index is -0.491. The molecule has 0 saturated heterocycles. The molecular formula is C18H12FN3O2. The molecule has 3 heterocycles. The summed E-state index contributed by atoms with van der Waals surface area (Å²) in [5.74, 6) is -0.235. The molecule has 3 aromatic heterocycles. The number of hydrogen-bond donors (Lipinski definition) is 1. The molecule has 4 rings (SSSR count). The van der Waals surface area contributed by atoms with Crippen LogP contribution in [0.3, 0.4) is 0 Å². The molecule has 0 bridgehead atoms. The molecule has 1 amide bonds. The molecule has 118 valence electrons. The number of rotatable bonds is 3. The first-order chi connectivity index (χ1) is 11.7. The Morgan fingerprint density at radius 1 is 1.08 bits per heavy atom. The molecule has 4 aromatic rings. The molecule has 5 nitrogen and oxygen atoms in total. The van der Waals surface area contributed by atoms with E-state index in [0.29, 0.717) is 5.65 Å². The summed E-state index contributed by atoms with van der Waals surface area (Å²) >= 11 is 0. The summed E-state index contributed by atoms with van der Waals surface area (Å²) in [6.45, 7) is 0. The van der Waals surface area contributed by atoms with Gasteiger partial charge in [0.1, 0.15) is 22.9 Å². The van der Waals surface area contributed by atoms with Crippen LogP contribution in [-0.2, 0) is 0 Å². The Morgan fingerprint density at radius 2 is 1.96 bits per heavy atom. The van der Waals surface area contributed by atoms with Crippen molar-refractivity contribution in [2.24, 2.45) is 0 Å². The monoisotopic (exact) mass is 321 g/mol. The minimum absolute atomic E-state index is 0.121. The van der Waals surface area contributed by atoms with E-state index >= 15 is 0 Å². The number of fused-ring (bicyclic) bond motifs is 1. The van der Waals surface area contributed by atoms with Crippen molar-refractivity contribution in [2.45, 2.75) is 0 Å². The Kier molecular flexibility index (Phi) is 3.35. The number of nitrogens with one attached hydrogen (secondary N) is 1. The second kappa shape index (κ2) is 5.66. The number of anilines is 1. The van der Waals surface area contributed by atoms with Crippen molar-refractivity contribution >= 4 is 17.2 Å². The average Bonchev–Trinajstić information content (AvgIpc) is 3.25. The van der Waals surface area contributed by atoms with Crippen LogP contribution in [0.5, 0.6) is 0 Å². The number of amides is 1. The van der Waals surface area contributed by atoms with Gasteiger partial charge in [0.15, 0.2) is 0 Å². The first-order valence-electron chi connectivity index (χ1n) is 7.29. The van der Waals surface area contributed by atoms with Crippen molar-refractivity contribution in [1.29, 1.82) is 0 Å². The largest absolute Gasteiger partial charge is 0.464 e. The van der Waals surface area contributed by atoms with Gasteiger partial charge in [0.05, 0.1) is 12.0 Å². The molecule has 0 aliphatic carbocycles. The van der Waals surface area contributed by atoms with E-state index in [1.165, 1.54) is 12.1 Å². The highest BCUT2D eigenvalue weighted by Gasteiger charge is 2.13. The first kappa shape index (κ1) is 14.2. The van der Waals surface area contributed by atoms with Crippen molar-refractivity contribution in [2.75, 3.05) is 5.32 Å². The summed E-state index contributed by atoms with van der Waals surface area (Å²) in [7, 11) is 0. The Balaban J connectivity index is 1.65. The zero-order valence-corrected chi connectivity index (χ0v) is 12.4. The van der Waals surface area contributed by atoms with Crippen LogP contribution in [0.1, 0.15) is 10.5 Å². The first-order valence-corrected chi connectivity index (χ1v) is 7.29. The third kappa shape index (κ3) is 2.54. The van der Waals surface area contributed by atoms with Crippen molar-refractivity contribution in [3.05, 3.63) is 78.7 Å². The summed E-state index contributed by atoms with van der Waals surface area (Å²) in [5, 5.41) is 2.52. The molecular weight excluding hydrogens is 309 g/mol. The lowest BCUT2D eigenvalue weighted by Gasteiger charge is -2.03. The van der Waals surface area contributed by atoms with Gasteiger partial charge in [-0.25, -0.2) is 9.37 Å². The van der Waals surface area contributed by atoms with E-state index in [2.05, 4.69) is 10.3 Å². The molecule has 0 fully saturated rings. The Morgan fingerprint density at radius 3 is 2.75 bits per heavy atom. The third-order valence-electron chi connectivity index (χ3n) is 3.61. The topological polar surface area (TPSA) is 59.5 Å². The van der Waals surface area contributed by atoms with E-state index in [1.54, 1.807) is 41.1 Å². The fourth-order valence-electron chi connectivity index (χ4n) is 2.44. The normalized spacial score (nSPS) is 10.9. The number of imidazole rings is 1. The molecule has 0 unspecified atom stereocenters. The fraction of sp³-hybridized carbons (Fsp3) is 0. The van der Waals surface area contributed by atoms with Gasteiger partial charge in [-0.2, -0.15) is 0 Å². The Bertz CT molecular complexity index is 1020. The van der Waals surface area contributed by atoms with Crippen LogP contribution in [-0.4, -0.2) is 15.3 Å². The Hall–Kier alpha value is -3.41. The van der Waals surface area contributed by atoms with E-state index in [1.807, 2.05) is 18.3 Å². The number of furan rings is 1. The summed E-state index contributed by atoms with van der Waals surface area (Å²) in [4.78, 5) is 16.5. The zero-order chi connectivity index (χ0) is 16.5. The van der Waals surface area contributed by atoms with Gasteiger partial charge in [0.2, 0.25) is 0 Å². The van der Waals surface area contributed by atoms with E-state index in [-0.39, 0.29) is 11.4 Å². The predicted octanol–water partition coefficient (Wildman–Crippen LogP) is 3.99. The van der Waals surface area contributed by atoms with Crippen LogP contribution < -0.4 is 5.32 Å². The molecule has 1 N–H and O–H groups in total. The second-order valence-corrected chi connectivity index (χ2v) is 5.22. The van der Waals surface area contributed by atoms with Crippen molar-refractivity contribution in [1.82, 2.24) is 9.38 Å². The van der Waals surface area contributed by atoms with Gasteiger partial charge < -0.3 is 14.1 Å². The van der Waals surface area contributed by atoms with Gasteiger partial charge in [-0.05, 0) is 36.4 Å². The van der Waals surface area contributed by atoms with Crippen LogP contribution >= 0.6 is 0 Å². The highest BCUT2D eigenvalue weighted by Crippen LogP contribution is 2.21. The number of carbonyl (C=O) groups is 1. The van der Waals surface area contributed by atoms with Crippen molar-refractivity contribution in [3.8, 4) is 11.3 Å². The maximum absolute atomic E-state index is 13.6. The smallest absolute Gasteiger partial charge is 0.275 e. The van der Waals surface area contributed by atoms with Crippen LogP contribution in [0, 0.1) is 5.82 Å². The third-order valence-corrected chi connectivity index (χ3v) is 3.61. The quantitative estimate of drug-likeness (QED) is 0.621. The minimum Gasteiger partial charge on any atom is -0.464 e. The number of carbonyl (C=O) groups excluding carboxylic acids is 1. The average molecular weight is 321 g/mol. The van der Waals surface area contributed by atoms with Crippen LogP contribution in [0.25, 0.3) is 17.0 Å². The Labute approximate surface area is 136 Å². The van der Waals surface area contributed by atoms with Gasteiger partial charge in [0.25, 0.3) is 5.91 Å². The molecule has 0 atom stereocenters. The number of aromatic nitrogens is 2. The molecule has 24 heavy (non-hydrogen) atoms. The SMILES string of the molecule is O=C(Nc1ccccc1F)c1cn2cc(-c3ccco3)ccc2n1. The molecule has 0 saturated carbocycles. The van der Waals surface area contributed by atoms with Gasteiger partial charge in [0, 0.05) is 18.0 Å². The van der Waals surface area contributed by atoms with Gasteiger partial charge in [-0.15, -0.1) is 0 Å². The highest BCUT2D eigenvalue weighted by atomic mass is 19.1. The predicted molar refractivity (Wildman–Crippen MR) is 87.2 cm³/mol. The number of hydrogen-bond acceptors (Lipinski definition) is 3. The lowest BCUT2D eigenvalue weighted by molar-refractivity contribution is 0.102. The van der Waals surface area contributed by atoms with Crippen LogP contribution in [0.4, 0.5) is 10.1 Å². The van der Waals surface area contributed by atoms with Crippen molar-refractivity contribution < 1.29 is 13.6 Å². The zero-order valence-electron chi connectivity index (χ0n) is 12.4. The summed E-state index contributed by atoms with van der Waals surface area (Å²) < 4.78 is 20.7. The fourth-order valence-corrected chi connectivity index (χ4v) is 2.44. The van der Waals surface area contributed by atoms with E-state index in [0.717, 1.165) is 11.3 Å². The molecule has 6 heteroatoms. The second-order valence-electron chi connectivity index (χ2n) is 5.22. The number of halogens is 1. The summed E-state index contributed by atoms with van der Waals surface area (Å²) in [5.41, 5.74) is 1.81. The standard InChI is InChI=1S/C18H12FN3O2/c19-13-4-1-2-5-14(13)21-18(23)15-11-22-10-12(7-8-17(22)20-15)16-6-3-9-24-16/h1-11H,(H,21,23). The maximum Gasteiger partial charge on any atom is 0.275 e. The molecule has 0 aliphatic heterocycles. The highest BCUT2D eigenvalue weighted by molar-refractivity contribution is 6.03. The molecule has 0 spiro atoms. The van der Waals surface area contributed by atoms with Gasteiger partial charge >= 0.3 is 0 Å². The maximum atomic E-state index is 13.6. The van der Waals surface area contributed by atoms with Crippen molar-refractivity contribution in [3.63, 3.8) is 0 Å². The molecule has 0 radical (unpaired) electrons. The van der Waals surface area contributed by atoms with Gasteiger partial charge in [-0.3, -0.25) is 4.79 Å².